The zero-order chi connectivity index (χ0) is 17.4. The molecule has 0 bridgehead atoms. The number of ether oxygens (including phenoxy) is 2. The third kappa shape index (κ3) is 4.65. The van der Waals surface area contributed by atoms with E-state index in [4.69, 9.17) is 9.47 Å². The first kappa shape index (κ1) is 17.7. The van der Waals surface area contributed by atoms with Gasteiger partial charge < -0.3 is 20.1 Å². The van der Waals surface area contributed by atoms with Gasteiger partial charge in [0.05, 0.1) is 14.2 Å². The Labute approximate surface area is 143 Å². The number of hydrogen-bond acceptors (Lipinski definition) is 4. The number of carbonyl (C=O) groups is 1. The summed E-state index contributed by atoms with van der Waals surface area (Å²) >= 11 is 0. The molecule has 0 heterocycles. The van der Waals surface area contributed by atoms with Crippen LogP contribution in [0.4, 0.5) is 11.4 Å². The molecule has 0 saturated carbocycles. The molecular formula is C19H24N2O3. The second-order valence-corrected chi connectivity index (χ2v) is 5.38. The highest BCUT2D eigenvalue weighted by Gasteiger charge is 2.11. The Morgan fingerprint density at radius 2 is 1.62 bits per heavy atom. The molecule has 128 valence electrons. The van der Waals surface area contributed by atoms with Gasteiger partial charge in [-0.25, -0.2) is 0 Å². The zero-order valence-corrected chi connectivity index (χ0v) is 14.4. The van der Waals surface area contributed by atoms with Crippen LogP contribution in [0.3, 0.4) is 0 Å². The number of carbonyl (C=O) groups excluding carboxylic acids is 1. The van der Waals surface area contributed by atoms with E-state index < -0.39 is 0 Å². The summed E-state index contributed by atoms with van der Waals surface area (Å²) in [5, 5.41) is 6.22. The van der Waals surface area contributed by atoms with E-state index >= 15 is 0 Å². The van der Waals surface area contributed by atoms with Crippen LogP contribution in [-0.2, 0) is 0 Å². The maximum Gasteiger partial charge on any atom is 0.255 e. The molecule has 2 N–H and O–H groups in total. The summed E-state index contributed by atoms with van der Waals surface area (Å²) in [5.41, 5.74) is 2.31. The van der Waals surface area contributed by atoms with E-state index in [1.165, 1.54) is 0 Å². The molecule has 0 saturated heterocycles. The molecule has 0 spiro atoms. The standard InChI is InChI=1S/C19H24N2O3/c1-4-5-12-20-15-7-9-16(10-8-15)21-19(22)14-6-11-17(23-2)18(13-14)24-3/h6-11,13,20H,4-5,12H2,1-3H3,(H,21,22). The van der Waals surface area contributed by atoms with Gasteiger partial charge in [0.25, 0.3) is 5.91 Å². The van der Waals surface area contributed by atoms with Crippen molar-refractivity contribution in [2.75, 3.05) is 31.4 Å². The van der Waals surface area contributed by atoms with Crippen LogP contribution in [0.5, 0.6) is 11.5 Å². The lowest BCUT2D eigenvalue weighted by atomic mass is 10.1. The van der Waals surface area contributed by atoms with Gasteiger partial charge in [-0.2, -0.15) is 0 Å². The van der Waals surface area contributed by atoms with E-state index in [0.717, 1.165) is 30.8 Å². The van der Waals surface area contributed by atoms with Gasteiger partial charge in [0, 0.05) is 23.5 Å². The molecule has 5 heteroatoms. The minimum absolute atomic E-state index is 0.192. The molecule has 5 nitrogen and oxygen atoms in total. The average molecular weight is 328 g/mol. The van der Waals surface area contributed by atoms with Crippen molar-refractivity contribution in [3.05, 3.63) is 48.0 Å². The SMILES string of the molecule is CCCCNc1ccc(NC(=O)c2ccc(OC)c(OC)c2)cc1. The van der Waals surface area contributed by atoms with E-state index in [1.54, 1.807) is 32.4 Å². The molecule has 0 atom stereocenters. The molecule has 2 aromatic carbocycles. The molecule has 2 rings (SSSR count). The number of unbranched alkanes of at least 4 members (excludes halogenated alkanes) is 1. The Morgan fingerprint density at radius 1 is 0.958 bits per heavy atom. The minimum Gasteiger partial charge on any atom is -0.493 e. The molecule has 0 unspecified atom stereocenters. The van der Waals surface area contributed by atoms with Gasteiger partial charge in [-0.05, 0) is 48.9 Å². The number of methoxy groups -OCH3 is 2. The van der Waals surface area contributed by atoms with Crippen molar-refractivity contribution in [1.82, 2.24) is 0 Å². The van der Waals surface area contributed by atoms with Crippen LogP contribution >= 0.6 is 0 Å². The summed E-state index contributed by atoms with van der Waals surface area (Å²) in [6.45, 7) is 3.11. The Kier molecular flexibility index (Phi) is 6.49. The molecule has 0 fully saturated rings. The van der Waals surface area contributed by atoms with Crippen molar-refractivity contribution in [3.63, 3.8) is 0 Å². The second kappa shape index (κ2) is 8.82. The fourth-order valence-electron chi connectivity index (χ4n) is 2.26. The number of hydrogen-bond donors (Lipinski definition) is 2. The van der Waals surface area contributed by atoms with Gasteiger partial charge in [0.15, 0.2) is 11.5 Å². The first-order valence-electron chi connectivity index (χ1n) is 8.05. The Bertz CT molecular complexity index is 669. The lowest BCUT2D eigenvalue weighted by molar-refractivity contribution is 0.102. The van der Waals surface area contributed by atoms with E-state index in [9.17, 15) is 4.79 Å². The van der Waals surface area contributed by atoms with Crippen molar-refractivity contribution in [2.45, 2.75) is 19.8 Å². The van der Waals surface area contributed by atoms with Crippen molar-refractivity contribution in [2.24, 2.45) is 0 Å². The monoisotopic (exact) mass is 328 g/mol. The topological polar surface area (TPSA) is 59.6 Å². The van der Waals surface area contributed by atoms with Gasteiger partial charge >= 0.3 is 0 Å². The molecule has 0 radical (unpaired) electrons. The number of anilines is 2. The quantitative estimate of drug-likeness (QED) is 0.714. The number of benzene rings is 2. The zero-order valence-electron chi connectivity index (χ0n) is 14.4. The van der Waals surface area contributed by atoms with Crippen LogP contribution in [0.1, 0.15) is 30.1 Å². The smallest absolute Gasteiger partial charge is 0.255 e. The normalized spacial score (nSPS) is 10.1. The molecule has 0 aliphatic rings. The fourth-order valence-corrected chi connectivity index (χ4v) is 2.26. The van der Waals surface area contributed by atoms with E-state index in [2.05, 4.69) is 17.6 Å². The lowest BCUT2D eigenvalue weighted by Gasteiger charge is -2.11. The maximum atomic E-state index is 12.4. The molecular weight excluding hydrogens is 304 g/mol. The predicted molar refractivity (Wildman–Crippen MR) is 97.3 cm³/mol. The molecule has 0 aromatic heterocycles. The first-order chi connectivity index (χ1) is 11.7. The molecule has 2 aromatic rings. The van der Waals surface area contributed by atoms with E-state index in [-0.39, 0.29) is 5.91 Å². The van der Waals surface area contributed by atoms with Crippen LogP contribution in [0.25, 0.3) is 0 Å². The summed E-state index contributed by atoms with van der Waals surface area (Å²) in [4.78, 5) is 12.4. The Morgan fingerprint density at radius 3 is 2.25 bits per heavy atom. The largest absolute Gasteiger partial charge is 0.493 e. The highest BCUT2D eigenvalue weighted by Crippen LogP contribution is 2.28. The van der Waals surface area contributed by atoms with Crippen LogP contribution in [0, 0.1) is 0 Å². The van der Waals surface area contributed by atoms with Crippen LogP contribution in [-0.4, -0.2) is 26.7 Å². The summed E-state index contributed by atoms with van der Waals surface area (Å²) in [7, 11) is 3.11. The maximum absolute atomic E-state index is 12.4. The van der Waals surface area contributed by atoms with Gasteiger partial charge in [-0.15, -0.1) is 0 Å². The number of rotatable bonds is 8. The highest BCUT2D eigenvalue weighted by molar-refractivity contribution is 6.04. The molecule has 1 amide bonds. The average Bonchev–Trinajstić information content (AvgIpc) is 2.62. The number of nitrogens with one attached hydrogen (secondary N) is 2. The molecule has 24 heavy (non-hydrogen) atoms. The predicted octanol–water partition coefficient (Wildman–Crippen LogP) is 4.17. The van der Waals surface area contributed by atoms with Crippen LogP contribution in [0.15, 0.2) is 42.5 Å². The first-order valence-corrected chi connectivity index (χ1v) is 8.05. The van der Waals surface area contributed by atoms with Crippen molar-refractivity contribution >= 4 is 17.3 Å². The number of amides is 1. The van der Waals surface area contributed by atoms with Crippen molar-refractivity contribution in [3.8, 4) is 11.5 Å². The van der Waals surface area contributed by atoms with Crippen LogP contribution < -0.4 is 20.1 Å². The summed E-state index contributed by atoms with van der Waals surface area (Å²) in [6, 6.07) is 12.8. The third-order valence-electron chi connectivity index (χ3n) is 3.65. The summed E-state index contributed by atoms with van der Waals surface area (Å²) in [6.07, 6.45) is 2.30. The Balaban J connectivity index is 2.01. The Hall–Kier alpha value is -2.69. The molecule has 0 aliphatic carbocycles. The van der Waals surface area contributed by atoms with Crippen LogP contribution in [0.2, 0.25) is 0 Å². The van der Waals surface area contributed by atoms with Gasteiger partial charge in [0.1, 0.15) is 0 Å². The lowest BCUT2D eigenvalue weighted by Crippen LogP contribution is -2.12. The summed E-state index contributed by atoms with van der Waals surface area (Å²) < 4.78 is 10.4. The summed E-state index contributed by atoms with van der Waals surface area (Å²) in [5.74, 6) is 0.930. The molecule has 0 aliphatic heterocycles. The van der Waals surface area contributed by atoms with Crippen molar-refractivity contribution < 1.29 is 14.3 Å². The van der Waals surface area contributed by atoms with E-state index in [0.29, 0.717) is 17.1 Å². The van der Waals surface area contributed by atoms with Gasteiger partial charge in [-0.3, -0.25) is 4.79 Å². The van der Waals surface area contributed by atoms with Gasteiger partial charge in [-0.1, -0.05) is 13.3 Å². The third-order valence-corrected chi connectivity index (χ3v) is 3.65. The van der Waals surface area contributed by atoms with Crippen molar-refractivity contribution in [1.29, 1.82) is 0 Å². The van der Waals surface area contributed by atoms with Gasteiger partial charge in [0.2, 0.25) is 0 Å². The fraction of sp³-hybridized carbons (Fsp3) is 0.316. The highest BCUT2D eigenvalue weighted by atomic mass is 16.5. The second-order valence-electron chi connectivity index (χ2n) is 5.38. The minimum atomic E-state index is -0.192. The van der Waals surface area contributed by atoms with E-state index in [1.807, 2.05) is 24.3 Å².